The molecule has 0 radical (unpaired) electrons. The van der Waals surface area contributed by atoms with Crippen molar-refractivity contribution < 1.29 is 22.0 Å². The van der Waals surface area contributed by atoms with Crippen molar-refractivity contribution in [1.29, 1.82) is 0 Å². The Hall–Kier alpha value is -3.04. The summed E-state index contributed by atoms with van der Waals surface area (Å²) in [4.78, 5) is 13.1. The molecule has 4 heterocycles. The van der Waals surface area contributed by atoms with Gasteiger partial charge in [-0.3, -0.25) is 9.02 Å². The van der Waals surface area contributed by atoms with E-state index in [0.717, 1.165) is 27.9 Å². The Labute approximate surface area is 263 Å². The lowest BCUT2D eigenvalue weighted by Gasteiger charge is -2.14. The lowest BCUT2D eigenvalue weighted by molar-refractivity contribution is -0.141. The van der Waals surface area contributed by atoms with E-state index >= 15 is 0 Å². The van der Waals surface area contributed by atoms with Gasteiger partial charge in [0.25, 0.3) is 6.43 Å². The van der Waals surface area contributed by atoms with Crippen LogP contribution in [0.1, 0.15) is 37.5 Å². The van der Waals surface area contributed by atoms with Crippen LogP contribution >= 0.6 is 40.2 Å². The van der Waals surface area contributed by atoms with E-state index in [9.17, 15) is 22.0 Å². The fourth-order valence-electron chi connectivity index (χ4n) is 4.05. The number of benzene rings is 1. The molecule has 0 saturated carbocycles. The first-order valence-corrected chi connectivity index (χ1v) is 18.1. The number of rotatable bonds is 8. The highest BCUT2D eigenvalue weighted by molar-refractivity contribution is 14.2. The minimum atomic E-state index is -4.64. The largest absolute Gasteiger partial charge is 0.433 e. The summed E-state index contributed by atoms with van der Waals surface area (Å²) in [5.41, 5.74) is 3.00. The molecule has 0 aliphatic carbocycles. The average molecular weight is 749 g/mol. The Balaban J connectivity index is 0.00000207. The van der Waals surface area contributed by atoms with Gasteiger partial charge in [0.2, 0.25) is 0 Å². The van der Waals surface area contributed by atoms with Crippen LogP contribution in [0.4, 0.5) is 45.0 Å². The fraction of sp³-hybridized carbons (Fsp3) is 0.259. The van der Waals surface area contributed by atoms with Gasteiger partial charge in [0.15, 0.2) is 11.5 Å². The Morgan fingerprint density at radius 2 is 1.70 bits per heavy atom. The maximum absolute atomic E-state index is 13.9. The Morgan fingerprint density at radius 3 is 2.30 bits per heavy atom. The topological polar surface area (TPSA) is 85.5 Å². The van der Waals surface area contributed by atoms with E-state index in [-0.39, 0.29) is 29.2 Å². The fourth-order valence-corrected chi connectivity index (χ4v) is 6.53. The number of halogens is 6. The summed E-state index contributed by atoms with van der Waals surface area (Å²) in [7, 11) is 1.86. The van der Waals surface area contributed by atoms with E-state index in [1.165, 1.54) is 34.3 Å². The Morgan fingerprint density at radius 1 is 0.953 bits per heavy atom. The van der Waals surface area contributed by atoms with Crippen molar-refractivity contribution in [3.8, 4) is 11.3 Å². The van der Waals surface area contributed by atoms with Crippen molar-refractivity contribution in [2.75, 3.05) is 16.9 Å². The summed E-state index contributed by atoms with van der Waals surface area (Å²) >= 11 is 3.43. The highest BCUT2D eigenvalue weighted by Crippen LogP contribution is 2.40. The third-order valence-corrected chi connectivity index (χ3v) is 8.93. The van der Waals surface area contributed by atoms with Crippen LogP contribution in [0.5, 0.6) is 0 Å². The molecule has 0 amide bonds. The molecule has 5 rings (SSSR count). The average Bonchev–Trinajstić information content (AvgIpc) is 3.53. The second-order valence-corrected chi connectivity index (χ2v) is 11.7. The zero-order valence-electron chi connectivity index (χ0n) is 23.6. The van der Waals surface area contributed by atoms with Crippen LogP contribution in [-0.4, -0.2) is 35.3 Å². The third kappa shape index (κ3) is 7.20. The van der Waals surface area contributed by atoms with Gasteiger partial charge in [-0.15, -0.1) is 11.8 Å². The summed E-state index contributed by atoms with van der Waals surface area (Å²) in [6, 6.07) is 12.6. The van der Waals surface area contributed by atoms with E-state index in [1.807, 2.05) is 80.4 Å². The smallest absolute Gasteiger partial charge is 0.353 e. The Bertz CT molecular complexity index is 1720. The predicted octanol–water partition coefficient (Wildman–Crippen LogP) is 9.52. The van der Waals surface area contributed by atoms with Crippen molar-refractivity contribution in [3.63, 3.8) is 0 Å². The number of fused-ring (bicyclic) bond motifs is 1. The highest BCUT2D eigenvalue weighted by Gasteiger charge is 2.32. The molecule has 1 atom stereocenters. The highest BCUT2D eigenvalue weighted by atomic mass is 127. The summed E-state index contributed by atoms with van der Waals surface area (Å²) in [5, 5.41) is 10.6. The summed E-state index contributed by atoms with van der Waals surface area (Å²) in [6.45, 7) is 5.96. The molecule has 8 nitrogen and oxygen atoms in total. The van der Waals surface area contributed by atoms with Gasteiger partial charge in [-0.25, -0.2) is 23.7 Å². The Kier molecular flexibility index (Phi) is 10.5. The molecule has 0 spiro atoms. The first-order valence-electron chi connectivity index (χ1n) is 12.8. The lowest BCUT2D eigenvalue weighted by atomic mass is 10.1. The van der Waals surface area contributed by atoms with E-state index < -0.39 is 24.1 Å². The summed E-state index contributed by atoms with van der Waals surface area (Å²) < 4.78 is 70.5. The van der Waals surface area contributed by atoms with Gasteiger partial charge in [-0.2, -0.15) is 18.3 Å². The first-order chi connectivity index (χ1) is 20.5. The molecule has 5 aromatic rings. The predicted molar refractivity (Wildman–Crippen MR) is 173 cm³/mol. The van der Waals surface area contributed by atoms with Gasteiger partial charge < -0.3 is 10.6 Å². The van der Waals surface area contributed by atoms with Crippen LogP contribution in [0.3, 0.4) is 0 Å². The molecule has 1 aromatic carbocycles. The van der Waals surface area contributed by atoms with Crippen molar-refractivity contribution in [2.24, 2.45) is 7.05 Å². The normalized spacial score (nSPS) is 11.8. The van der Waals surface area contributed by atoms with Crippen molar-refractivity contribution in [3.05, 3.63) is 65.7 Å². The van der Waals surface area contributed by atoms with Crippen molar-refractivity contribution in [2.45, 2.75) is 38.3 Å². The molecule has 0 saturated heterocycles. The number of thioether (sulfide) groups is 1. The molecule has 2 N–H and O–H groups in total. The van der Waals surface area contributed by atoms with Crippen LogP contribution in [-0.2, 0) is 13.2 Å². The van der Waals surface area contributed by atoms with Crippen LogP contribution in [0.25, 0.3) is 22.4 Å². The van der Waals surface area contributed by atoms with Gasteiger partial charge in [0.05, 0.1) is 23.4 Å². The quantitative estimate of drug-likeness (QED) is 0.0708. The SMILES string of the molecule is CC.CSc1cc(-c2cc(C)n(C)n2)ccc1Nc1cc(Nc2cccc(C(F)(F)F)n2)nc2c1nc(C(F)F)n2PI. The minimum Gasteiger partial charge on any atom is -0.353 e. The maximum atomic E-state index is 13.9. The van der Waals surface area contributed by atoms with E-state index in [4.69, 9.17) is 0 Å². The van der Waals surface area contributed by atoms with E-state index in [1.54, 1.807) is 4.68 Å². The first kappa shape index (κ1) is 32.9. The number of aryl methyl sites for hydroxylation is 2. The second-order valence-electron chi connectivity index (χ2n) is 8.78. The molecule has 0 fully saturated rings. The van der Waals surface area contributed by atoms with Crippen LogP contribution in [0.2, 0.25) is 0 Å². The molecule has 228 valence electrons. The number of pyridine rings is 2. The van der Waals surface area contributed by atoms with Gasteiger partial charge >= 0.3 is 6.18 Å². The van der Waals surface area contributed by atoms with Crippen LogP contribution in [0.15, 0.2) is 53.4 Å². The van der Waals surface area contributed by atoms with Gasteiger partial charge in [0.1, 0.15) is 22.8 Å². The van der Waals surface area contributed by atoms with Crippen molar-refractivity contribution >= 4 is 74.4 Å². The number of anilines is 4. The summed E-state index contributed by atoms with van der Waals surface area (Å²) in [5.74, 6) is -0.451. The number of imidazole rings is 1. The van der Waals surface area contributed by atoms with Crippen LogP contribution < -0.4 is 10.6 Å². The number of nitrogens with one attached hydrogen (secondary N) is 2. The van der Waals surface area contributed by atoms with E-state index in [0.29, 0.717) is 11.4 Å². The van der Waals surface area contributed by atoms with Gasteiger partial charge in [-0.1, -0.05) is 26.0 Å². The number of hydrogen-bond acceptors (Lipinski definition) is 7. The summed E-state index contributed by atoms with van der Waals surface area (Å²) in [6.07, 6.45) is -5.74. The molecule has 16 heteroatoms. The zero-order valence-corrected chi connectivity index (χ0v) is 27.5. The molecular formula is C27H27F5IN8PS. The number of aromatic nitrogens is 6. The maximum Gasteiger partial charge on any atom is 0.433 e. The number of hydrogen-bond donors (Lipinski definition) is 2. The molecule has 0 bridgehead atoms. The number of nitrogens with zero attached hydrogens (tertiary/aromatic N) is 6. The zero-order chi connectivity index (χ0) is 31.5. The van der Waals surface area contributed by atoms with E-state index in [2.05, 4.69) is 30.7 Å². The lowest BCUT2D eigenvalue weighted by Crippen LogP contribution is -2.09. The third-order valence-electron chi connectivity index (χ3n) is 6.10. The molecule has 0 aliphatic rings. The number of alkyl halides is 5. The molecular weight excluding hydrogens is 721 g/mol. The molecule has 4 aromatic heterocycles. The molecule has 1 unspecified atom stereocenters. The standard InChI is InChI=1S/C25H21F5IN8PS.C2H6/c1-12-9-15(37-38(12)2)13-7-8-14(17(10-13)41-3)32-16-11-20(34-19-6-4-5-18(33-19)25(28,29)30)35-23-21(16)36-24(22(26)27)39(23)40-31;1-2/h4-11,22,40H,1-3H3,(H2,32,33,34,35);1-2H3. The van der Waals surface area contributed by atoms with Gasteiger partial charge in [-0.05, 0) is 65.6 Å². The van der Waals surface area contributed by atoms with Gasteiger partial charge in [0, 0.05) is 29.3 Å². The monoisotopic (exact) mass is 748 g/mol. The molecule has 43 heavy (non-hydrogen) atoms. The second kappa shape index (κ2) is 13.7. The van der Waals surface area contributed by atoms with Crippen LogP contribution in [0, 0.1) is 6.92 Å². The van der Waals surface area contributed by atoms with Crippen molar-refractivity contribution in [1.82, 2.24) is 29.1 Å². The molecule has 0 aliphatic heterocycles. The minimum absolute atomic E-state index is 0.102.